The van der Waals surface area contributed by atoms with E-state index < -0.39 is 87.0 Å². The van der Waals surface area contributed by atoms with Crippen molar-refractivity contribution in [3.8, 4) is 5.75 Å². The standard InChI is InChI=1S/C31H31F3N4O8/c1-37(2)18-11-17(36-29(45)12-6-5-7-14(8-12)31(32,33)34)23(39)20-15(18)9-13-10-16-22(38(3)4)25(41)21(28(35)44)27(43)30(16,46)26(42)19(13)24(20)40/h5-8,11,13,16,22,39,41-42,46H,9-10H2,1-4H3,(H2,35,44)(H,36,45)/t13?,16?,22-,30?/m0/s1. The van der Waals surface area contributed by atoms with Gasteiger partial charge >= 0.3 is 6.18 Å². The molecule has 3 aliphatic carbocycles. The van der Waals surface area contributed by atoms with Gasteiger partial charge in [0.05, 0.1) is 22.9 Å². The number of carbonyl (C=O) groups excluding carboxylic acids is 4. The van der Waals surface area contributed by atoms with Crippen LogP contribution in [0.3, 0.4) is 0 Å². The second-order valence-corrected chi connectivity index (χ2v) is 12.0. The maximum Gasteiger partial charge on any atom is 0.416 e. The van der Waals surface area contributed by atoms with Gasteiger partial charge in [-0.05, 0) is 62.7 Å². The number of primary amides is 1. The molecule has 0 saturated heterocycles. The van der Waals surface area contributed by atoms with Crippen LogP contribution < -0.4 is 16.0 Å². The minimum absolute atomic E-state index is 0.00251. The summed E-state index contributed by atoms with van der Waals surface area (Å²) in [5.74, 6) is -9.28. The highest BCUT2D eigenvalue weighted by atomic mass is 19.4. The highest BCUT2D eigenvalue weighted by Crippen LogP contribution is 2.54. The van der Waals surface area contributed by atoms with Crippen LogP contribution in [-0.2, 0) is 22.2 Å². The number of anilines is 2. The van der Waals surface area contributed by atoms with Gasteiger partial charge in [0.15, 0.2) is 17.1 Å². The van der Waals surface area contributed by atoms with Gasteiger partial charge < -0.3 is 36.4 Å². The van der Waals surface area contributed by atoms with Crippen LogP contribution in [0.1, 0.15) is 38.3 Å². The number of phenols is 1. The Bertz CT molecular complexity index is 1780. The number of ketones is 2. The van der Waals surface area contributed by atoms with E-state index in [0.29, 0.717) is 17.3 Å². The SMILES string of the molecule is CN(C)c1cc(NC(=O)c2cccc(C(F)(F)F)c2)c(O)c2c1CC1CC3[C@H](N(C)C)C(O)=C(C(N)=O)C(=O)C3(O)C(O)=C1C2=O. The molecule has 5 rings (SSSR count). The molecule has 46 heavy (non-hydrogen) atoms. The number of aliphatic hydroxyl groups is 3. The van der Waals surface area contributed by atoms with E-state index in [2.05, 4.69) is 5.32 Å². The molecular formula is C31H31F3N4O8. The Labute approximate surface area is 260 Å². The summed E-state index contributed by atoms with van der Waals surface area (Å²) in [6.45, 7) is 0. The molecule has 2 aromatic carbocycles. The number of hydrogen-bond acceptors (Lipinski definition) is 10. The number of nitrogens with zero attached hydrogens (tertiary/aromatic N) is 2. The zero-order valence-corrected chi connectivity index (χ0v) is 25.1. The van der Waals surface area contributed by atoms with Gasteiger partial charge in [0, 0.05) is 36.8 Å². The molecule has 0 radical (unpaired) electrons. The summed E-state index contributed by atoms with van der Waals surface area (Å²) in [6.07, 6.45) is -4.84. The van der Waals surface area contributed by atoms with E-state index in [-0.39, 0.29) is 29.7 Å². The Kier molecular flexibility index (Phi) is 7.68. The number of phenolic OH excluding ortho intramolecular Hbond substituents is 1. The van der Waals surface area contributed by atoms with Crippen LogP contribution >= 0.6 is 0 Å². The normalized spacial score (nSPS) is 24.4. The molecule has 0 fully saturated rings. The van der Waals surface area contributed by atoms with E-state index in [9.17, 15) is 52.8 Å². The zero-order chi connectivity index (χ0) is 34.2. The molecule has 2 aromatic rings. The number of nitrogens with one attached hydrogen (secondary N) is 1. The Balaban J connectivity index is 1.64. The van der Waals surface area contributed by atoms with Crippen molar-refractivity contribution in [2.75, 3.05) is 38.4 Å². The average molecular weight is 645 g/mol. The number of hydrogen-bond donors (Lipinski definition) is 6. The van der Waals surface area contributed by atoms with Crippen molar-refractivity contribution in [1.29, 1.82) is 0 Å². The largest absolute Gasteiger partial charge is 0.510 e. The third-order valence-electron chi connectivity index (χ3n) is 8.88. The minimum Gasteiger partial charge on any atom is -0.510 e. The van der Waals surface area contributed by atoms with Crippen molar-refractivity contribution < 1.29 is 52.8 Å². The second kappa shape index (κ2) is 10.9. The zero-order valence-electron chi connectivity index (χ0n) is 25.1. The predicted molar refractivity (Wildman–Crippen MR) is 157 cm³/mol. The van der Waals surface area contributed by atoms with Crippen LogP contribution in [0.15, 0.2) is 53.0 Å². The number of fused-ring (bicyclic) bond motifs is 3. The fraction of sp³-hybridized carbons (Fsp3) is 0.355. The molecule has 0 spiro atoms. The number of aromatic hydroxyl groups is 1. The number of amides is 2. The molecule has 3 aliphatic rings. The van der Waals surface area contributed by atoms with Crippen molar-refractivity contribution in [3.63, 3.8) is 0 Å². The van der Waals surface area contributed by atoms with E-state index >= 15 is 0 Å². The summed E-state index contributed by atoms with van der Waals surface area (Å²) in [5, 5.41) is 47.8. The fourth-order valence-electron chi connectivity index (χ4n) is 6.82. The van der Waals surface area contributed by atoms with Gasteiger partial charge in [-0.2, -0.15) is 13.2 Å². The Morgan fingerprint density at radius 3 is 2.28 bits per heavy atom. The van der Waals surface area contributed by atoms with Gasteiger partial charge in [0.25, 0.3) is 11.8 Å². The number of alkyl halides is 3. The lowest BCUT2D eigenvalue weighted by Gasteiger charge is -2.50. The monoisotopic (exact) mass is 644 g/mol. The highest BCUT2D eigenvalue weighted by molar-refractivity contribution is 6.25. The molecule has 0 aromatic heterocycles. The quantitative estimate of drug-likeness (QED) is 0.208. The lowest BCUT2D eigenvalue weighted by molar-refractivity contribution is -0.148. The molecule has 244 valence electrons. The second-order valence-electron chi connectivity index (χ2n) is 12.0. The van der Waals surface area contributed by atoms with Crippen LogP contribution in [-0.4, -0.2) is 88.5 Å². The lowest BCUT2D eigenvalue weighted by Crippen LogP contribution is -2.63. The van der Waals surface area contributed by atoms with Gasteiger partial charge in [-0.3, -0.25) is 24.1 Å². The molecule has 2 amide bonds. The number of aliphatic hydroxyl groups excluding tert-OH is 2. The first kappa shape index (κ1) is 32.5. The first-order chi connectivity index (χ1) is 21.3. The first-order valence-corrected chi connectivity index (χ1v) is 14.0. The number of allylic oxidation sites excluding steroid dienone is 1. The van der Waals surface area contributed by atoms with E-state index in [1.807, 2.05) is 0 Å². The molecule has 4 atom stereocenters. The summed E-state index contributed by atoms with van der Waals surface area (Å²) in [4.78, 5) is 55.8. The van der Waals surface area contributed by atoms with Crippen molar-refractivity contribution in [2.45, 2.75) is 30.7 Å². The number of likely N-dealkylation sites (N-methyl/N-ethyl adjacent to an activating group) is 1. The Morgan fingerprint density at radius 1 is 1.07 bits per heavy atom. The van der Waals surface area contributed by atoms with Crippen molar-refractivity contribution >= 4 is 34.8 Å². The van der Waals surface area contributed by atoms with Crippen molar-refractivity contribution in [2.24, 2.45) is 17.6 Å². The number of benzene rings is 2. The third kappa shape index (κ3) is 4.77. The van der Waals surface area contributed by atoms with Gasteiger partial charge in [-0.25, -0.2) is 0 Å². The van der Waals surface area contributed by atoms with Crippen LogP contribution in [0, 0.1) is 11.8 Å². The molecule has 0 saturated carbocycles. The van der Waals surface area contributed by atoms with Crippen LogP contribution in [0.5, 0.6) is 5.75 Å². The Hall–Kier alpha value is -4.89. The molecule has 0 bridgehead atoms. The van der Waals surface area contributed by atoms with Crippen LogP contribution in [0.25, 0.3) is 0 Å². The topological polar surface area (TPSA) is 194 Å². The summed E-state index contributed by atoms with van der Waals surface area (Å²) in [7, 11) is 6.28. The van der Waals surface area contributed by atoms with E-state index in [1.165, 1.54) is 25.1 Å². The summed E-state index contributed by atoms with van der Waals surface area (Å²) in [6, 6.07) is 3.80. The maximum absolute atomic E-state index is 14.1. The summed E-state index contributed by atoms with van der Waals surface area (Å²) in [5.41, 5.74) is -0.311. The molecule has 12 nitrogen and oxygen atoms in total. The third-order valence-corrected chi connectivity index (χ3v) is 8.88. The molecule has 3 unspecified atom stereocenters. The van der Waals surface area contributed by atoms with Gasteiger partial charge in [-0.15, -0.1) is 0 Å². The number of carbonyl (C=O) groups is 4. The van der Waals surface area contributed by atoms with Gasteiger partial charge in [0.1, 0.15) is 17.1 Å². The fourth-order valence-corrected chi connectivity index (χ4v) is 6.82. The van der Waals surface area contributed by atoms with Crippen LogP contribution in [0.4, 0.5) is 24.5 Å². The predicted octanol–water partition coefficient (Wildman–Crippen LogP) is 2.46. The first-order valence-electron chi connectivity index (χ1n) is 14.0. The number of rotatable bonds is 5. The smallest absolute Gasteiger partial charge is 0.416 e. The number of Topliss-reactive ketones (excluding diaryl/α,β-unsaturated/α-hetero) is 2. The van der Waals surface area contributed by atoms with Crippen molar-refractivity contribution in [1.82, 2.24) is 4.90 Å². The van der Waals surface area contributed by atoms with E-state index in [0.717, 1.165) is 18.2 Å². The number of nitrogens with two attached hydrogens (primary N) is 1. The summed E-state index contributed by atoms with van der Waals surface area (Å²) >= 11 is 0. The average Bonchev–Trinajstić information content (AvgIpc) is 2.95. The van der Waals surface area contributed by atoms with E-state index in [4.69, 9.17) is 5.73 Å². The number of halogens is 3. The molecule has 15 heteroatoms. The molecular weight excluding hydrogens is 613 g/mol. The van der Waals surface area contributed by atoms with Gasteiger partial charge in [0.2, 0.25) is 5.78 Å². The molecule has 0 aliphatic heterocycles. The van der Waals surface area contributed by atoms with Crippen molar-refractivity contribution in [3.05, 3.63) is 75.3 Å². The summed E-state index contributed by atoms with van der Waals surface area (Å²) < 4.78 is 39.7. The van der Waals surface area contributed by atoms with E-state index in [1.54, 1.807) is 19.0 Å². The Morgan fingerprint density at radius 2 is 1.72 bits per heavy atom. The maximum atomic E-state index is 14.1. The molecule has 7 N–H and O–H groups in total. The lowest BCUT2D eigenvalue weighted by atomic mass is 9.58. The van der Waals surface area contributed by atoms with Crippen LogP contribution in [0.2, 0.25) is 0 Å². The highest BCUT2D eigenvalue weighted by Gasteiger charge is 2.63. The molecule has 0 heterocycles. The minimum atomic E-state index is -4.72. The van der Waals surface area contributed by atoms with Gasteiger partial charge in [-0.1, -0.05) is 6.07 Å².